The minimum Gasteiger partial charge on any atom is -0.481 e. The molecule has 3 rings (SSSR count). The predicted octanol–water partition coefficient (Wildman–Crippen LogP) is 2.79. The second-order valence-electron chi connectivity index (χ2n) is 6.02. The SMILES string of the molecule is O=C(NCC1(C(=O)O)CC1)C(Oc1ccccc1)c1ccccc1. The maximum Gasteiger partial charge on any atom is 0.311 e. The summed E-state index contributed by atoms with van der Waals surface area (Å²) in [6, 6.07) is 18.3. The van der Waals surface area contributed by atoms with E-state index in [1.165, 1.54) is 0 Å². The highest BCUT2D eigenvalue weighted by molar-refractivity contribution is 5.84. The average Bonchev–Trinajstić information content (AvgIpc) is 3.41. The van der Waals surface area contributed by atoms with Crippen molar-refractivity contribution < 1.29 is 19.4 Å². The fraction of sp³-hybridized carbons (Fsp3) is 0.263. The summed E-state index contributed by atoms with van der Waals surface area (Å²) in [5.41, 5.74) is -0.0806. The molecule has 5 nitrogen and oxygen atoms in total. The topological polar surface area (TPSA) is 75.6 Å². The van der Waals surface area contributed by atoms with E-state index in [1.54, 1.807) is 12.1 Å². The Balaban J connectivity index is 1.74. The number of carboxylic acid groups (broad SMARTS) is 1. The van der Waals surface area contributed by atoms with Crippen molar-refractivity contribution >= 4 is 11.9 Å². The van der Waals surface area contributed by atoms with Gasteiger partial charge >= 0.3 is 5.97 Å². The van der Waals surface area contributed by atoms with E-state index in [4.69, 9.17) is 4.74 Å². The van der Waals surface area contributed by atoms with Gasteiger partial charge in [-0.3, -0.25) is 9.59 Å². The van der Waals surface area contributed by atoms with E-state index in [1.807, 2.05) is 48.5 Å². The normalized spacial score (nSPS) is 16.0. The maximum atomic E-state index is 12.6. The van der Waals surface area contributed by atoms with Crippen LogP contribution < -0.4 is 10.1 Å². The lowest BCUT2D eigenvalue weighted by atomic mass is 10.1. The van der Waals surface area contributed by atoms with Gasteiger partial charge in [0.1, 0.15) is 5.75 Å². The van der Waals surface area contributed by atoms with E-state index in [2.05, 4.69) is 5.32 Å². The third-order valence-corrected chi connectivity index (χ3v) is 4.25. The second kappa shape index (κ2) is 6.74. The Morgan fingerprint density at radius 2 is 1.62 bits per heavy atom. The zero-order chi connectivity index (χ0) is 17.0. The van der Waals surface area contributed by atoms with Crippen molar-refractivity contribution in [2.75, 3.05) is 6.54 Å². The predicted molar refractivity (Wildman–Crippen MR) is 88.6 cm³/mol. The van der Waals surface area contributed by atoms with Gasteiger partial charge < -0.3 is 15.2 Å². The van der Waals surface area contributed by atoms with Crippen LogP contribution in [0.25, 0.3) is 0 Å². The van der Waals surface area contributed by atoms with Crippen LogP contribution in [0.4, 0.5) is 0 Å². The number of ether oxygens (including phenoxy) is 1. The Morgan fingerprint density at radius 1 is 1.04 bits per heavy atom. The Morgan fingerprint density at radius 3 is 2.17 bits per heavy atom. The molecular formula is C19H19NO4. The third kappa shape index (κ3) is 3.56. The minimum absolute atomic E-state index is 0.128. The molecule has 0 heterocycles. The van der Waals surface area contributed by atoms with Crippen LogP contribution in [0, 0.1) is 5.41 Å². The molecule has 1 aliphatic carbocycles. The van der Waals surface area contributed by atoms with Crippen molar-refractivity contribution in [2.24, 2.45) is 5.41 Å². The molecule has 1 saturated carbocycles. The van der Waals surface area contributed by atoms with Gasteiger partial charge in [0.2, 0.25) is 6.10 Å². The van der Waals surface area contributed by atoms with Crippen LogP contribution in [0.2, 0.25) is 0 Å². The van der Waals surface area contributed by atoms with E-state index in [0.29, 0.717) is 18.6 Å². The summed E-state index contributed by atoms with van der Waals surface area (Å²) in [6.45, 7) is 0.128. The van der Waals surface area contributed by atoms with Crippen molar-refractivity contribution in [1.29, 1.82) is 0 Å². The molecule has 2 aromatic carbocycles. The molecule has 0 aliphatic heterocycles. The standard InChI is InChI=1S/C19H19NO4/c21-17(20-13-19(11-12-19)18(22)23)16(14-7-3-1-4-8-14)24-15-9-5-2-6-10-15/h1-10,16H,11-13H2,(H,20,21)(H,22,23). The third-order valence-electron chi connectivity index (χ3n) is 4.25. The molecule has 1 fully saturated rings. The number of para-hydroxylation sites is 1. The highest BCUT2D eigenvalue weighted by atomic mass is 16.5. The van der Waals surface area contributed by atoms with Gasteiger partial charge in [0.25, 0.3) is 5.91 Å². The first-order chi connectivity index (χ1) is 11.6. The van der Waals surface area contributed by atoms with E-state index in [-0.39, 0.29) is 12.5 Å². The molecular weight excluding hydrogens is 306 g/mol. The lowest BCUT2D eigenvalue weighted by molar-refractivity contribution is -0.143. The summed E-state index contributed by atoms with van der Waals surface area (Å²) in [6.07, 6.45) is 0.370. The van der Waals surface area contributed by atoms with Crippen molar-refractivity contribution in [2.45, 2.75) is 18.9 Å². The second-order valence-corrected chi connectivity index (χ2v) is 6.02. The Hall–Kier alpha value is -2.82. The fourth-order valence-electron chi connectivity index (χ4n) is 2.50. The number of carbonyl (C=O) groups excluding carboxylic acids is 1. The van der Waals surface area contributed by atoms with E-state index < -0.39 is 17.5 Å². The number of carboxylic acids is 1. The molecule has 0 aromatic heterocycles. The molecule has 5 heteroatoms. The molecule has 0 saturated heterocycles. The number of rotatable bonds is 7. The Bertz CT molecular complexity index is 711. The Kier molecular flexibility index (Phi) is 4.51. The number of amides is 1. The van der Waals surface area contributed by atoms with Gasteiger partial charge in [-0.25, -0.2) is 0 Å². The van der Waals surface area contributed by atoms with Crippen molar-refractivity contribution in [3.8, 4) is 5.75 Å². The lowest BCUT2D eigenvalue weighted by Gasteiger charge is -2.20. The number of hydrogen-bond donors (Lipinski definition) is 2. The van der Waals surface area contributed by atoms with Crippen molar-refractivity contribution in [3.05, 3.63) is 66.2 Å². The molecule has 1 aliphatic rings. The number of benzene rings is 2. The van der Waals surface area contributed by atoms with Crippen LogP contribution in [0.3, 0.4) is 0 Å². The average molecular weight is 325 g/mol. The van der Waals surface area contributed by atoms with E-state index in [0.717, 1.165) is 5.56 Å². The molecule has 2 aromatic rings. The number of hydrogen-bond acceptors (Lipinski definition) is 3. The van der Waals surface area contributed by atoms with Crippen LogP contribution in [-0.4, -0.2) is 23.5 Å². The van der Waals surface area contributed by atoms with Gasteiger partial charge in [0.15, 0.2) is 0 Å². The molecule has 24 heavy (non-hydrogen) atoms. The first-order valence-electron chi connectivity index (χ1n) is 7.88. The van der Waals surface area contributed by atoms with Crippen LogP contribution in [0.1, 0.15) is 24.5 Å². The first-order valence-corrected chi connectivity index (χ1v) is 7.88. The first kappa shape index (κ1) is 16.1. The summed E-state index contributed by atoms with van der Waals surface area (Å²) in [4.78, 5) is 23.9. The molecule has 1 unspecified atom stereocenters. The fourth-order valence-corrected chi connectivity index (χ4v) is 2.50. The van der Waals surface area contributed by atoms with E-state index >= 15 is 0 Å². The largest absolute Gasteiger partial charge is 0.481 e. The van der Waals surface area contributed by atoms with Gasteiger partial charge in [-0.05, 0) is 25.0 Å². The quantitative estimate of drug-likeness (QED) is 0.821. The number of aliphatic carboxylic acids is 1. The summed E-state index contributed by atoms with van der Waals surface area (Å²) in [7, 11) is 0. The van der Waals surface area contributed by atoms with Crippen LogP contribution in [0.15, 0.2) is 60.7 Å². The summed E-state index contributed by atoms with van der Waals surface area (Å²) in [5, 5.41) is 12.0. The smallest absolute Gasteiger partial charge is 0.311 e. The van der Waals surface area contributed by atoms with Crippen LogP contribution in [-0.2, 0) is 9.59 Å². The minimum atomic E-state index is -0.858. The zero-order valence-electron chi connectivity index (χ0n) is 13.1. The van der Waals surface area contributed by atoms with E-state index in [9.17, 15) is 14.7 Å². The molecule has 0 bridgehead atoms. The summed E-state index contributed by atoms with van der Waals surface area (Å²) in [5.74, 6) is -0.610. The van der Waals surface area contributed by atoms with Crippen LogP contribution >= 0.6 is 0 Å². The van der Waals surface area contributed by atoms with Gasteiger partial charge in [0, 0.05) is 12.1 Å². The van der Waals surface area contributed by atoms with Crippen molar-refractivity contribution in [3.63, 3.8) is 0 Å². The van der Waals surface area contributed by atoms with Crippen LogP contribution in [0.5, 0.6) is 5.75 Å². The monoisotopic (exact) mass is 325 g/mol. The zero-order valence-corrected chi connectivity index (χ0v) is 13.1. The molecule has 1 atom stereocenters. The van der Waals surface area contributed by atoms with Gasteiger partial charge in [0.05, 0.1) is 5.41 Å². The van der Waals surface area contributed by atoms with Gasteiger partial charge in [-0.1, -0.05) is 48.5 Å². The van der Waals surface area contributed by atoms with Gasteiger partial charge in [-0.2, -0.15) is 0 Å². The maximum absolute atomic E-state index is 12.6. The molecule has 0 radical (unpaired) electrons. The molecule has 0 spiro atoms. The summed E-state index contributed by atoms with van der Waals surface area (Å²) >= 11 is 0. The number of carbonyl (C=O) groups is 2. The van der Waals surface area contributed by atoms with Gasteiger partial charge in [-0.15, -0.1) is 0 Å². The highest BCUT2D eigenvalue weighted by Gasteiger charge is 2.50. The number of nitrogens with one attached hydrogen (secondary N) is 1. The summed E-state index contributed by atoms with van der Waals surface area (Å²) < 4.78 is 5.85. The lowest BCUT2D eigenvalue weighted by Crippen LogP contribution is -2.38. The molecule has 1 amide bonds. The van der Waals surface area contributed by atoms with Crippen molar-refractivity contribution in [1.82, 2.24) is 5.32 Å². The highest BCUT2D eigenvalue weighted by Crippen LogP contribution is 2.45. The molecule has 2 N–H and O–H groups in total. The molecule has 124 valence electrons. The Labute approximate surface area is 140 Å².